The Kier molecular flexibility index (Phi) is 35.3. The smallest absolute Gasteiger partial charge is 0.508 e. The number of carboxylic acid groups (broad SMARTS) is 3. The monoisotopic (exact) mass is 805 g/mol. The van der Waals surface area contributed by atoms with Gasteiger partial charge < -0.3 is 46.1 Å². The molecule has 0 radical (unpaired) electrons. The Balaban J connectivity index is -0.000000156. The van der Waals surface area contributed by atoms with Gasteiger partial charge in [0, 0.05) is 40.1 Å². The van der Waals surface area contributed by atoms with Crippen molar-refractivity contribution in [1.82, 2.24) is 0 Å². The summed E-state index contributed by atoms with van der Waals surface area (Å²) in [7, 11) is 2.34. The van der Waals surface area contributed by atoms with Gasteiger partial charge in [-0.15, -0.1) is 0 Å². The summed E-state index contributed by atoms with van der Waals surface area (Å²) in [6, 6.07) is 12.0. The molecular formula is C28H40F3NO8RuS4. The number of phenols is 2. The van der Waals surface area contributed by atoms with Crippen molar-refractivity contribution in [3.63, 3.8) is 0 Å². The third-order valence-corrected chi connectivity index (χ3v) is 7.35. The molecule has 1 aliphatic carbocycles. The average molecular weight is 805 g/mol. The van der Waals surface area contributed by atoms with Gasteiger partial charge in [0.15, 0.2) is 0 Å². The van der Waals surface area contributed by atoms with Crippen LogP contribution in [0.15, 0.2) is 48.5 Å². The second-order valence-electron chi connectivity index (χ2n) is 8.63. The van der Waals surface area contributed by atoms with E-state index >= 15 is 0 Å². The van der Waals surface area contributed by atoms with Crippen molar-refractivity contribution in [2.75, 3.05) is 0 Å². The molecule has 45 heavy (non-hydrogen) atoms. The van der Waals surface area contributed by atoms with E-state index in [0.717, 1.165) is 11.1 Å². The van der Waals surface area contributed by atoms with E-state index < -0.39 is 30.1 Å². The molecule has 258 valence electrons. The first-order valence-corrected chi connectivity index (χ1v) is 16.2. The van der Waals surface area contributed by atoms with E-state index in [-0.39, 0.29) is 58.2 Å². The molecule has 9 nitrogen and oxygen atoms in total. The Morgan fingerprint density at radius 1 is 0.756 bits per heavy atom. The van der Waals surface area contributed by atoms with Crippen LogP contribution in [-0.2, 0) is 86.8 Å². The van der Waals surface area contributed by atoms with Crippen LogP contribution in [0.3, 0.4) is 0 Å². The summed E-state index contributed by atoms with van der Waals surface area (Å²) in [5.41, 5.74) is 7.05. The normalized spacial score (nSPS) is 12.0. The second kappa shape index (κ2) is 30.4. The summed E-state index contributed by atoms with van der Waals surface area (Å²) < 4.78 is 31.7. The Hall–Kier alpha value is -2.30. The minimum Gasteiger partial charge on any atom is -0.508 e. The minimum absolute atomic E-state index is 0. The molecule has 1 saturated carbocycles. The van der Waals surface area contributed by atoms with Crippen molar-refractivity contribution in [3.8, 4) is 11.5 Å². The van der Waals surface area contributed by atoms with E-state index in [2.05, 4.69) is 22.4 Å². The van der Waals surface area contributed by atoms with Gasteiger partial charge >= 0.3 is 43.6 Å². The van der Waals surface area contributed by atoms with Crippen molar-refractivity contribution in [2.24, 2.45) is 11.7 Å². The van der Waals surface area contributed by atoms with Gasteiger partial charge in [0.25, 0.3) is 0 Å². The van der Waals surface area contributed by atoms with Crippen molar-refractivity contribution in [3.05, 3.63) is 74.5 Å². The summed E-state index contributed by atoms with van der Waals surface area (Å²) >= 11 is 8.66. The van der Waals surface area contributed by atoms with Crippen LogP contribution < -0.4 is 5.73 Å². The first-order valence-electron chi connectivity index (χ1n) is 12.2. The minimum atomic E-state index is -5.08. The van der Waals surface area contributed by atoms with Gasteiger partial charge in [0.1, 0.15) is 17.5 Å². The number of hydrogen-bond acceptors (Lipinski definition) is 8. The van der Waals surface area contributed by atoms with Gasteiger partial charge in [-0.25, -0.2) is 4.79 Å². The third kappa shape index (κ3) is 31.5. The molecule has 0 aliphatic heterocycles. The van der Waals surface area contributed by atoms with E-state index in [1.54, 1.807) is 43.3 Å². The van der Waals surface area contributed by atoms with Gasteiger partial charge in [0.2, 0.25) is 0 Å². The van der Waals surface area contributed by atoms with Gasteiger partial charge in [-0.3, -0.25) is 9.59 Å². The fourth-order valence-corrected chi connectivity index (χ4v) is 2.93. The number of halogens is 3. The van der Waals surface area contributed by atoms with Crippen LogP contribution in [0.2, 0.25) is 0 Å². The first-order chi connectivity index (χ1) is 19.5. The van der Waals surface area contributed by atoms with Crippen LogP contribution in [0.1, 0.15) is 50.2 Å². The number of phenolic OH excluding ortho intramolecular Hbond substituents is 2. The first kappa shape index (κ1) is 52.2. The Morgan fingerprint density at radius 2 is 1.04 bits per heavy atom. The van der Waals surface area contributed by atoms with Crippen LogP contribution in [0, 0.1) is 20.8 Å². The van der Waals surface area contributed by atoms with E-state index in [0.29, 0.717) is 6.42 Å². The van der Waals surface area contributed by atoms with Gasteiger partial charge in [-0.05, 0) is 48.2 Å². The molecule has 17 heteroatoms. The average Bonchev–Trinajstić information content (AvgIpc) is 3.52. The Labute approximate surface area is 290 Å². The number of alkyl halides is 3. The molecule has 0 aromatic heterocycles. The van der Waals surface area contributed by atoms with Gasteiger partial charge in [-0.1, -0.05) is 63.3 Å². The molecule has 2 atom stereocenters. The molecule has 1 fully saturated rings. The van der Waals surface area contributed by atoms with Crippen LogP contribution in [0.4, 0.5) is 13.2 Å². The number of aromatic hydroxyl groups is 2. The standard InChI is InChI=1S/C10H12O3.C9H11NO3.C5H10.C2HF3O2.2CH3.Ru.S4/c1-7(10(12)13)6-8-2-4-9(11)5-3-8;10-8(9(12)13)5-6-1-3-7(11)4-2-6;1-2-4-5-3-1;3-2(4,5)1(6)7;;;;1-3-4-2/h2-5,7,11H,6H2,1H3,(H,12,13);1-4,8,11H,5,10H2,(H,12,13);1-5H2;(H,6,7);2*1H3;;/q;;;;2*-1;+2;. The predicted octanol–water partition coefficient (Wildman–Crippen LogP) is 5.47. The second-order valence-corrected chi connectivity index (χ2v) is 12.2. The fourth-order valence-electron chi connectivity index (χ4n) is 2.93. The molecule has 0 spiro atoms. The molecule has 0 amide bonds. The number of carboxylic acids is 3. The Morgan fingerprint density at radius 3 is 1.27 bits per heavy atom. The van der Waals surface area contributed by atoms with Gasteiger partial charge in [0.05, 0.1) is 5.92 Å². The summed E-state index contributed by atoms with van der Waals surface area (Å²) in [6.07, 6.45) is 3.19. The maximum absolute atomic E-state index is 10.6. The molecule has 2 aromatic carbocycles. The predicted molar refractivity (Wildman–Crippen MR) is 175 cm³/mol. The van der Waals surface area contributed by atoms with E-state index in [1.165, 1.54) is 62.0 Å². The zero-order valence-corrected chi connectivity index (χ0v) is 29.9. The fraction of sp³-hybridized carbons (Fsp3) is 0.393. The number of nitrogens with two attached hydrogens (primary N) is 1. The molecule has 2 unspecified atom stereocenters. The zero-order valence-electron chi connectivity index (χ0n) is 24.9. The molecule has 0 bridgehead atoms. The van der Waals surface area contributed by atoms with E-state index in [9.17, 15) is 22.8 Å². The Bertz CT molecular complexity index is 1080. The number of hydrogen-bond donors (Lipinski definition) is 6. The van der Waals surface area contributed by atoms with E-state index in [4.69, 9.17) is 36.1 Å². The summed E-state index contributed by atoms with van der Waals surface area (Å²) in [5, 5.41) is 42.2. The molecular weight excluding hydrogens is 765 g/mol. The van der Waals surface area contributed by atoms with Crippen LogP contribution in [0.5, 0.6) is 11.5 Å². The SMILES string of the molecule is C1CCCC1.CC(Cc1ccc(O)cc1)C(=O)O.NC(Cc1ccc(O)cc1)C(=O)O.O=C(O)C(F)(F)F.S=S=S=S.[CH3-].[CH3-].[Ru+2]. The molecule has 7 N–H and O–H groups in total. The number of aliphatic carboxylic acids is 3. The zero-order chi connectivity index (χ0) is 32.7. The third-order valence-electron chi connectivity index (χ3n) is 5.13. The molecule has 3 rings (SSSR count). The number of benzene rings is 2. The molecule has 0 heterocycles. The summed E-state index contributed by atoms with van der Waals surface area (Å²) in [4.78, 5) is 29.8. The van der Waals surface area contributed by atoms with Crippen LogP contribution >= 0.6 is 0 Å². The van der Waals surface area contributed by atoms with Gasteiger partial charge in [-0.2, -0.15) is 13.2 Å². The van der Waals surface area contributed by atoms with Crippen LogP contribution in [-0.4, -0.2) is 55.7 Å². The molecule has 0 saturated heterocycles. The maximum Gasteiger partial charge on any atom is 2.00 e. The quantitative estimate of drug-likeness (QED) is 0.161. The number of carbonyl (C=O) groups is 3. The number of rotatable bonds is 6. The van der Waals surface area contributed by atoms with Crippen molar-refractivity contribution >= 4 is 58.0 Å². The molecule has 2 aromatic rings. The maximum atomic E-state index is 10.6. The largest absolute Gasteiger partial charge is 2.00 e. The summed E-state index contributed by atoms with van der Waals surface area (Å²) in [5.74, 6) is -4.60. The van der Waals surface area contributed by atoms with Crippen molar-refractivity contribution in [2.45, 2.75) is 64.1 Å². The topological polar surface area (TPSA) is 178 Å². The van der Waals surface area contributed by atoms with Crippen LogP contribution in [0.25, 0.3) is 0 Å². The van der Waals surface area contributed by atoms with Crippen molar-refractivity contribution < 1.29 is 72.6 Å². The van der Waals surface area contributed by atoms with Crippen molar-refractivity contribution in [1.29, 1.82) is 0 Å². The summed E-state index contributed by atoms with van der Waals surface area (Å²) in [6.45, 7) is 1.66. The molecule has 1 aliphatic rings. The van der Waals surface area contributed by atoms with E-state index in [1.807, 2.05) is 0 Å².